The highest BCUT2D eigenvalue weighted by Gasteiger charge is 2.16. The van der Waals surface area contributed by atoms with Crippen molar-refractivity contribution in [3.05, 3.63) is 59.4 Å². The van der Waals surface area contributed by atoms with Crippen LogP contribution in [0.3, 0.4) is 0 Å². The van der Waals surface area contributed by atoms with Gasteiger partial charge in [-0.3, -0.25) is 4.40 Å². The summed E-state index contributed by atoms with van der Waals surface area (Å²) in [5.41, 5.74) is 8.63. The van der Waals surface area contributed by atoms with Gasteiger partial charge in [0.2, 0.25) is 0 Å². The zero-order chi connectivity index (χ0) is 13.2. The molecule has 3 aromatic rings. The zero-order valence-electron chi connectivity index (χ0n) is 10.9. The van der Waals surface area contributed by atoms with E-state index in [0.29, 0.717) is 5.92 Å². The Morgan fingerprint density at radius 3 is 2.84 bits per heavy atom. The lowest BCUT2D eigenvalue weighted by molar-refractivity contribution is 0.464. The third-order valence-corrected chi connectivity index (χ3v) is 4.24. The van der Waals surface area contributed by atoms with Crippen LogP contribution >= 0.6 is 11.3 Å². The lowest BCUT2D eigenvalue weighted by atomic mass is 9.92. The van der Waals surface area contributed by atoms with Crippen molar-refractivity contribution in [1.29, 1.82) is 0 Å². The molecule has 0 aliphatic rings. The molecular weight excluding hydrogens is 254 g/mol. The van der Waals surface area contributed by atoms with Gasteiger partial charge in [-0.05, 0) is 17.9 Å². The number of aromatic nitrogens is 2. The Morgan fingerprint density at radius 1 is 1.32 bits per heavy atom. The molecule has 0 radical (unpaired) electrons. The van der Waals surface area contributed by atoms with Gasteiger partial charge in [0.1, 0.15) is 0 Å². The summed E-state index contributed by atoms with van der Waals surface area (Å²) in [6, 6.07) is 10.3. The maximum absolute atomic E-state index is 6.32. The summed E-state index contributed by atoms with van der Waals surface area (Å²) in [6.07, 6.45) is 5.04. The van der Waals surface area contributed by atoms with Crippen molar-refractivity contribution in [3.8, 4) is 0 Å². The third-order valence-electron chi connectivity index (χ3n) is 3.47. The molecule has 0 amide bonds. The van der Waals surface area contributed by atoms with Crippen LogP contribution in [0, 0.1) is 5.92 Å². The number of fused-ring (bicyclic) bond motifs is 1. The Hall–Kier alpha value is -1.65. The lowest BCUT2D eigenvalue weighted by Gasteiger charge is -2.19. The van der Waals surface area contributed by atoms with Gasteiger partial charge < -0.3 is 5.73 Å². The number of nitrogens with zero attached hydrogens (tertiary/aromatic N) is 2. The number of rotatable bonds is 4. The number of thiazole rings is 1. The standard InChI is InChI=1S/C15H17N3S/c1-11(14(16)12-5-3-2-4-6-12)9-13-10-18-7-8-19-15(18)17-13/h2-8,10-11,14H,9,16H2,1H3. The van der Waals surface area contributed by atoms with E-state index in [0.717, 1.165) is 17.1 Å². The first-order chi connectivity index (χ1) is 9.24. The number of imidazole rings is 1. The van der Waals surface area contributed by atoms with Crippen LogP contribution in [-0.2, 0) is 6.42 Å². The summed E-state index contributed by atoms with van der Waals surface area (Å²) in [5, 5.41) is 2.05. The van der Waals surface area contributed by atoms with Crippen molar-refractivity contribution in [1.82, 2.24) is 9.38 Å². The van der Waals surface area contributed by atoms with Crippen molar-refractivity contribution in [2.75, 3.05) is 0 Å². The van der Waals surface area contributed by atoms with E-state index in [-0.39, 0.29) is 6.04 Å². The van der Waals surface area contributed by atoms with Gasteiger partial charge in [0.25, 0.3) is 0 Å². The molecule has 2 unspecified atom stereocenters. The van der Waals surface area contributed by atoms with Gasteiger partial charge in [-0.2, -0.15) is 0 Å². The number of nitrogens with two attached hydrogens (primary N) is 1. The summed E-state index contributed by atoms with van der Waals surface area (Å²) in [5.74, 6) is 0.368. The van der Waals surface area contributed by atoms with Crippen molar-refractivity contribution in [3.63, 3.8) is 0 Å². The molecule has 0 fully saturated rings. The molecule has 1 aromatic carbocycles. The SMILES string of the molecule is CC(Cc1cn2ccsc2n1)C(N)c1ccccc1. The molecule has 2 N–H and O–H groups in total. The monoisotopic (exact) mass is 271 g/mol. The van der Waals surface area contributed by atoms with Crippen LogP contribution in [0.2, 0.25) is 0 Å². The largest absolute Gasteiger partial charge is 0.324 e. The van der Waals surface area contributed by atoms with E-state index in [1.165, 1.54) is 5.56 Å². The highest BCUT2D eigenvalue weighted by molar-refractivity contribution is 7.15. The highest BCUT2D eigenvalue weighted by Crippen LogP contribution is 2.23. The quantitative estimate of drug-likeness (QED) is 0.791. The molecule has 4 heteroatoms. The van der Waals surface area contributed by atoms with E-state index < -0.39 is 0 Å². The summed E-state index contributed by atoms with van der Waals surface area (Å²) >= 11 is 1.66. The Bertz CT molecular complexity index is 628. The molecule has 3 rings (SSSR count). The predicted molar refractivity (Wildman–Crippen MR) is 79.3 cm³/mol. The molecule has 0 aliphatic carbocycles. The second-order valence-electron chi connectivity index (χ2n) is 4.94. The summed E-state index contributed by atoms with van der Waals surface area (Å²) in [6.45, 7) is 2.19. The first kappa shape index (κ1) is 12.4. The second kappa shape index (κ2) is 5.15. The molecule has 0 spiro atoms. The van der Waals surface area contributed by atoms with E-state index in [4.69, 9.17) is 5.73 Å². The van der Waals surface area contributed by atoms with Gasteiger partial charge in [0.15, 0.2) is 4.96 Å². The van der Waals surface area contributed by atoms with Crippen LogP contribution in [-0.4, -0.2) is 9.38 Å². The van der Waals surface area contributed by atoms with Gasteiger partial charge in [-0.25, -0.2) is 4.98 Å². The highest BCUT2D eigenvalue weighted by atomic mass is 32.1. The Kier molecular flexibility index (Phi) is 3.36. The second-order valence-corrected chi connectivity index (χ2v) is 5.82. The smallest absolute Gasteiger partial charge is 0.193 e. The molecule has 0 aliphatic heterocycles. The van der Waals surface area contributed by atoms with E-state index >= 15 is 0 Å². The lowest BCUT2D eigenvalue weighted by Crippen LogP contribution is -2.20. The molecule has 0 saturated carbocycles. The van der Waals surface area contributed by atoms with Crippen LogP contribution in [0.15, 0.2) is 48.1 Å². The summed E-state index contributed by atoms with van der Waals surface area (Å²) < 4.78 is 2.07. The first-order valence-corrected chi connectivity index (χ1v) is 7.33. The topological polar surface area (TPSA) is 43.3 Å². The fourth-order valence-corrected chi connectivity index (χ4v) is 3.05. The molecule has 0 saturated heterocycles. The van der Waals surface area contributed by atoms with Gasteiger partial charge in [-0.1, -0.05) is 37.3 Å². The van der Waals surface area contributed by atoms with Gasteiger partial charge >= 0.3 is 0 Å². The summed E-state index contributed by atoms with van der Waals surface area (Å²) in [4.78, 5) is 5.67. The minimum Gasteiger partial charge on any atom is -0.324 e. The van der Waals surface area contributed by atoms with Crippen LogP contribution in [0.25, 0.3) is 4.96 Å². The Labute approximate surface area is 116 Å². The molecule has 2 atom stereocenters. The molecule has 0 bridgehead atoms. The fraction of sp³-hybridized carbons (Fsp3) is 0.267. The van der Waals surface area contributed by atoms with Gasteiger partial charge in [0.05, 0.1) is 5.69 Å². The zero-order valence-corrected chi connectivity index (χ0v) is 11.7. The van der Waals surface area contributed by atoms with Gasteiger partial charge in [-0.15, -0.1) is 11.3 Å². The fourth-order valence-electron chi connectivity index (χ4n) is 2.34. The average Bonchev–Trinajstić information content (AvgIpc) is 2.99. The molecule has 19 heavy (non-hydrogen) atoms. The maximum atomic E-state index is 6.32. The minimum absolute atomic E-state index is 0.0564. The van der Waals surface area contributed by atoms with Crippen LogP contribution in [0.1, 0.15) is 24.2 Å². The van der Waals surface area contributed by atoms with Gasteiger partial charge in [0, 0.05) is 23.8 Å². The van der Waals surface area contributed by atoms with Crippen LogP contribution in [0.4, 0.5) is 0 Å². The number of hydrogen-bond donors (Lipinski definition) is 1. The van der Waals surface area contributed by atoms with E-state index in [1.54, 1.807) is 11.3 Å². The van der Waals surface area contributed by atoms with E-state index in [1.807, 2.05) is 29.8 Å². The maximum Gasteiger partial charge on any atom is 0.193 e. The molecule has 2 heterocycles. The predicted octanol–water partition coefficient (Wildman–Crippen LogP) is 3.27. The molecule has 2 aromatic heterocycles. The molecular formula is C15H17N3S. The minimum atomic E-state index is 0.0564. The number of benzene rings is 1. The number of hydrogen-bond acceptors (Lipinski definition) is 3. The average molecular weight is 271 g/mol. The summed E-state index contributed by atoms with van der Waals surface area (Å²) in [7, 11) is 0. The van der Waals surface area contributed by atoms with Crippen LogP contribution in [0.5, 0.6) is 0 Å². The van der Waals surface area contributed by atoms with Crippen molar-refractivity contribution in [2.45, 2.75) is 19.4 Å². The van der Waals surface area contributed by atoms with Crippen molar-refractivity contribution < 1.29 is 0 Å². The third kappa shape index (κ3) is 2.55. The van der Waals surface area contributed by atoms with E-state index in [9.17, 15) is 0 Å². The van der Waals surface area contributed by atoms with E-state index in [2.05, 4.69) is 34.6 Å². The molecule has 3 nitrogen and oxygen atoms in total. The molecule has 98 valence electrons. The Balaban J connectivity index is 1.74. The first-order valence-electron chi connectivity index (χ1n) is 6.45. The Morgan fingerprint density at radius 2 is 2.11 bits per heavy atom. The van der Waals surface area contributed by atoms with Crippen molar-refractivity contribution in [2.24, 2.45) is 11.7 Å². The van der Waals surface area contributed by atoms with Crippen LogP contribution < -0.4 is 5.73 Å². The normalized spacial score (nSPS) is 14.6. The van der Waals surface area contributed by atoms with Crippen molar-refractivity contribution >= 4 is 16.3 Å².